The molecular weight excluding hydrogens is 605 g/mol. The highest BCUT2D eigenvalue weighted by Crippen LogP contribution is 2.44. The molecule has 1 aliphatic heterocycles. The Morgan fingerprint density at radius 2 is 1.92 bits per heavy atom. The zero-order valence-corrected chi connectivity index (χ0v) is 23.9. The number of rotatable bonds is 8. The van der Waals surface area contributed by atoms with Gasteiger partial charge in [-0.2, -0.15) is 5.26 Å². The number of nitriles is 1. The number of anilines is 1. The second-order valence-electron chi connectivity index (χ2n) is 7.87. The first kappa shape index (κ1) is 28.9. The maximum absolute atomic E-state index is 13.0. The lowest BCUT2D eigenvalue weighted by molar-refractivity contribution is -0.150. The number of methoxy groups -OCH3 is 1. The molecule has 0 saturated carbocycles. The third-order valence-electron chi connectivity index (χ3n) is 5.44. The van der Waals surface area contributed by atoms with Gasteiger partial charge in [-0.05, 0) is 55.3 Å². The van der Waals surface area contributed by atoms with Gasteiger partial charge in [0, 0.05) is 16.1 Å². The number of hydrogen-bond acceptors (Lipinski definition) is 7. The van der Waals surface area contributed by atoms with Crippen LogP contribution in [0.1, 0.15) is 24.0 Å². The number of hydrogen-bond donors (Lipinski definition) is 2. The Bertz CT molecular complexity index is 1300. The minimum atomic E-state index is -1.37. The first-order valence-corrected chi connectivity index (χ1v) is 13.5. The lowest BCUT2D eigenvalue weighted by atomic mass is 9.78. The molecule has 8 nitrogen and oxygen atoms in total. The van der Waals surface area contributed by atoms with Gasteiger partial charge in [-0.1, -0.05) is 50.9 Å². The van der Waals surface area contributed by atoms with Gasteiger partial charge in [0.1, 0.15) is 5.92 Å². The number of thioether (sulfide) groups is 1. The Morgan fingerprint density at radius 3 is 2.49 bits per heavy atom. The topological polar surface area (TPSA) is 118 Å². The van der Waals surface area contributed by atoms with Gasteiger partial charge >= 0.3 is 5.97 Å². The first-order valence-electron chi connectivity index (χ1n) is 10.9. The monoisotopic (exact) mass is 625 g/mol. The van der Waals surface area contributed by atoms with E-state index in [1.165, 1.54) is 12.1 Å². The van der Waals surface area contributed by atoms with Crippen LogP contribution in [-0.2, 0) is 19.1 Å². The Morgan fingerprint density at radius 1 is 1.24 bits per heavy atom. The van der Waals surface area contributed by atoms with Gasteiger partial charge in [-0.3, -0.25) is 14.4 Å². The van der Waals surface area contributed by atoms with E-state index in [0.29, 0.717) is 17.9 Å². The van der Waals surface area contributed by atoms with Crippen LogP contribution in [-0.4, -0.2) is 37.3 Å². The number of carbonyl (C=O) groups is 3. The van der Waals surface area contributed by atoms with E-state index in [2.05, 4.69) is 32.6 Å². The summed E-state index contributed by atoms with van der Waals surface area (Å²) in [4.78, 5) is 38.2. The Balaban J connectivity index is 1.96. The van der Waals surface area contributed by atoms with Gasteiger partial charge in [-0.25, -0.2) is 0 Å². The summed E-state index contributed by atoms with van der Waals surface area (Å²) in [6.07, 6.45) is 0. The molecule has 2 N–H and O–H groups in total. The number of halogens is 3. The van der Waals surface area contributed by atoms with Crippen LogP contribution in [0.5, 0.6) is 5.75 Å². The number of amides is 2. The summed E-state index contributed by atoms with van der Waals surface area (Å²) >= 11 is 17.1. The van der Waals surface area contributed by atoms with Crippen molar-refractivity contribution in [3.63, 3.8) is 0 Å². The average molecular weight is 627 g/mol. The maximum Gasteiger partial charge on any atom is 0.319 e. The molecule has 0 aliphatic carbocycles. The van der Waals surface area contributed by atoms with Crippen molar-refractivity contribution in [2.24, 2.45) is 5.92 Å². The number of nitrogens with zero attached hydrogens (tertiary/aromatic N) is 1. The fourth-order valence-electron chi connectivity index (χ4n) is 3.78. The van der Waals surface area contributed by atoms with Gasteiger partial charge in [0.15, 0.2) is 5.75 Å². The minimum Gasteiger partial charge on any atom is -0.491 e. The third-order valence-corrected chi connectivity index (χ3v) is 7.91. The number of nitrogens with one attached hydrogen (secondary N) is 2. The number of esters is 1. The summed E-state index contributed by atoms with van der Waals surface area (Å²) in [6.45, 7) is 3.99. The SMILES string of the molecule is CCOc1c(Cl)cc([C@H]2C(C#N)=C(SCC(=O)Nc3ccc(Br)c(C)c3)NC(=O)[C@H]2C(=O)OC)cc1Cl. The van der Waals surface area contributed by atoms with Crippen LogP contribution in [0.3, 0.4) is 0 Å². The van der Waals surface area contributed by atoms with E-state index in [0.717, 1.165) is 28.9 Å². The van der Waals surface area contributed by atoms with Gasteiger partial charge in [0.05, 0.1) is 46.2 Å². The summed E-state index contributed by atoms with van der Waals surface area (Å²) in [7, 11) is 1.15. The molecule has 194 valence electrons. The van der Waals surface area contributed by atoms with Crippen molar-refractivity contribution < 1.29 is 23.9 Å². The molecule has 0 fully saturated rings. The van der Waals surface area contributed by atoms with Crippen LogP contribution >= 0.6 is 50.9 Å². The van der Waals surface area contributed by atoms with E-state index >= 15 is 0 Å². The van der Waals surface area contributed by atoms with Crippen molar-refractivity contribution in [3.05, 3.63) is 66.6 Å². The van der Waals surface area contributed by atoms with E-state index in [9.17, 15) is 19.6 Å². The Labute approximate surface area is 236 Å². The van der Waals surface area contributed by atoms with Crippen molar-refractivity contribution in [1.29, 1.82) is 5.26 Å². The number of aryl methyl sites for hydroxylation is 1. The zero-order chi connectivity index (χ0) is 27.3. The van der Waals surface area contributed by atoms with Crippen molar-refractivity contribution in [2.45, 2.75) is 19.8 Å². The largest absolute Gasteiger partial charge is 0.491 e. The summed E-state index contributed by atoms with van der Waals surface area (Å²) in [5.74, 6) is -4.11. The standard InChI is InChI=1S/C25H22BrCl2N3O5S/c1-4-36-22-17(27)8-13(9-18(22)28)20-15(10-29)24(31-23(33)21(20)25(34)35-3)37-11-19(32)30-14-5-6-16(26)12(2)7-14/h5-9,20-21H,4,11H2,1-3H3,(H,30,32)(H,31,33)/t20-,21-/m0/s1. The molecule has 2 amide bonds. The van der Waals surface area contributed by atoms with E-state index in [-0.39, 0.29) is 38.1 Å². The molecule has 1 heterocycles. The molecule has 3 rings (SSSR count). The number of ether oxygens (including phenoxy) is 2. The molecule has 0 saturated heterocycles. The van der Waals surface area contributed by atoms with Crippen LogP contribution in [0, 0.1) is 24.2 Å². The predicted octanol–water partition coefficient (Wildman–Crippen LogP) is 5.57. The molecule has 0 bridgehead atoms. The molecule has 0 radical (unpaired) electrons. The molecule has 0 spiro atoms. The smallest absolute Gasteiger partial charge is 0.319 e. The van der Waals surface area contributed by atoms with Gasteiger partial charge in [0.25, 0.3) is 0 Å². The molecule has 2 aromatic carbocycles. The first-order chi connectivity index (χ1) is 17.6. The van der Waals surface area contributed by atoms with Crippen molar-refractivity contribution >= 4 is 74.4 Å². The van der Waals surface area contributed by atoms with E-state index in [4.69, 9.17) is 32.7 Å². The zero-order valence-electron chi connectivity index (χ0n) is 20.0. The summed E-state index contributed by atoms with van der Waals surface area (Å²) in [5, 5.41) is 15.9. The molecule has 0 aromatic heterocycles. The summed E-state index contributed by atoms with van der Waals surface area (Å²) in [6, 6.07) is 10.5. The molecule has 2 aromatic rings. The normalized spacial score (nSPS) is 17.1. The van der Waals surface area contributed by atoms with Crippen LogP contribution < -0.4 is 15.4 Å². The van der Waals surface area contributed by atoms with Crippen molar-refractivity contribution in [3.8, 4) is 11.8 Å². The van der Waals surface area contributed by atoms with E-state index in [1.807, 2.05) is 19.1 Å². The van der Waals surface area contributed by atoms with E-state index < -0.39 is 23.7 Å². The van der Waals surface area contributed by atoms with Crippen molar-refractivity contribution in [1.82, 2.24) is 5.32 Å². The van der Waals surface area contributed by atoms with Crippen molar-refractivity contribution in [2.75, 3.05) is 24.8 Å². The fraction of sp³-hybridized carbons (Fsp3) is 0.280. The number of benzene rings is 2. The van der Waals surface area contributed by atoms with Crippen LogP contribution in [0.25, 0.3) is 0 Å². The summed E-state index contributed by atoms with van der Waals surface area (Å²) in [5.41, 5.74) is 1.98. The second kappa shape index (κ2) is 12.7. The van der Waals surface area contributed by atoms with Crippen LogP contribution in [0.4, 0.5) is 5.69 Å². The van der Waals surface area contributed by atoms with Crippen LogP contribution in [0.15, 0.2) is 45.4 Å². The van der Waals surface area contributed by atoms with Gasteiger partial charge < -0.3 is 20.1 Å². The second-order valence-corrected chi connectivity index (χ2v) is 10.5. The lowest BCUT2D eigenvalue weighted by Gasteiger charge is -2.31. The highest BCUT2D eigenvalue weighted by molar-refractivity contribution is 9.10. The molecule has 2 atom stereocenters. The molecule has 1 aliphatic rings. The molecule has 37 heavy (non-hydrogen) atoms. The minimum absolute atomic E-state index is 0.0728. The number of allylic oxidation sites excluding steroid dienone is 1. The quantitative estimate of drug-likeness (QED) is 0.290. The molecule has 12 heteroatoms. The Hall–Kier alpha value is -2.71. The predicted molar refractivity (Wildman–Crippen MR) is 147 cm³/mol. The summed E-state index contributed by atoms with van der Waals surface area (Å²) < 4.78 is 11.2. The van der Waals surface area contributed by atoms with E-state index in [1.54, 1.807) is 13.0 Å². The van der Waals surface area contributed by atoms with Crippen LogP contribution in [0.2, 0.25) is 10.0 Å². The van der Waals surface area contributed by atoms with Gasteiger partial charge in [0.2, 0.25) is 11.8 Å². The Kier molecular flexibility index (Phi) is 9.90. The number of carbonyl (C=O) groups excluding carboxylic acids is 3. The molecule has 0 unspecified atom stereocenters. The maximum atomic E-state index is 13.0. The fourth-order valence-corrected chi connectivity index (χ4v) is 5.49. The lowest BCUT2D eigenvalue weighted by Crippen LogP contribution is -2.44. The third kappa shape index (κ3) is 6.60. The average Bonchev–Trinajstić information content (AvgIpc) is 2.86. The highest BCUT2D eigenvalue weighted by atomic mass is 79.9. The highest BCUT2D eigenvalue weighted by Gasteiger charge is 2.44. The van der Waals surface area contributed by atoms with Gasteiger partial charge in [-0.15, -0.1) is 0 Å². The molecular formula is C25H22BrCl2N3O5S.